The number of esters is 1. The minimum Gasteiger partial charge on any atom is -0.507 e. The maximum absolute atomic E-state index is 12.1. The van der Waals surface area contributed by atoms with Crippen molar-refractivity contribution in [1.82, 2.24) is 5.32 Å². The molecule has 1 atom stereocenters. The molecule has 0 saturated heterocycles. The van der Waals surface area contributed by atoms with Gasteiger partial charge in [-0.15, -0.1) is 0 Å². The predicted molar refractivity (Wildman–Crippen MR) is 91.9 cm³/mol. The monoisotopic (exact) mass is 331 g/mol. The number of carbonyl (C=O) groups excluding carboxylic acids is 2. The molecule has 0 spiro atoms. The van der Waals surface area contributed by atoms with Gasteiger partial charge in [-0.3, -0.25) is 4.79 Å². The Morgan fingerprint density at radius 1 is 1.33 bits per heavy atom. The molecule has 1 amide bonds. The van der Waals surface area contributed by atoms with Crippen LogP contribution in [0.2, 0.25) is 0 Å². The van der Waals surface area contributed by atoms with Gasteiger partial charge in [-0.25, -0.2) is 4.79 Å². The number of rotatable bonds is 6. The summed E-state index contributed by atoms with van der Waals surface area (Å²) in [5.41, 5.74) is 2.04. The first-order chi connectivity index (χ1) is 11.5. The maximum Gasteiger partial charge on any atom is 0.342 e. The summed E-state index contributed by atoms with van der Waals surface area (Å²) in [6, 6.07) is 4.83. The molecule has 2 N–H and O–H groups in total. The molecule has 2 rings (SSSR count). The number of hydrogen-bond donors (Lipinski definition) is 2. The highest BCUT2D eigenvalue weighted by Crippen LogP contribution is 2.22. The summed E-state index contributed by atoms with van der Waals surface area (Å²) < 4.78 is 5.15. The Kier molecular flexibility index (Phi) is 6.41. The molecule has 0 heterocycles. The maximum atomic E-state index is 12.1. The van der Waals surface area contributed by atoms with Crippen LogP contribution in [0.1, 0.15) is 54.9 Å². The van der Waals surface area contributed by atoms with Crippen molar-refractivity contribution < 1.29 is 19.4 Å². The fourth-order valence-electron chi connectivity index (χ4n) is 2.72. The van der Waals surface area contributed by atoms with Gasteiger partial charge in [0, 0.05) is 6.54 Å². The molecular formula is C19H25NO4. The van der Waals surface area contributed by atoms with Gasteiger partial charge in [0.2, 0.25) is 0 Å². The average Bonchev–Trinajstić information content (AvgIpc) is 2.58. The summed E-state index contributed by atoms with van der Waals surface area (Å²) in [6.07, 6.45) is 6.87. The molecule has 1 aliphatic rings. The minimum absolute atomic E-state index is 0.0713. The SMILES string of the molecule is Cc1cccc(C(=O)O[C@@H](C)C(=O)NCCC2=CCCCC2)c1O. The van der Waals surface area contributed by atoms with E-state index in [2.05, 4.69) is 11.4 Å². The van der Waals surface area contributed by atoms with E-state index < -0.39 is 12.1 Å². The van der Waals surface area contributed by atoms with Gasteiger partial charge in [0.05, 0.1) is 0 Å². The number of aromatic hydroxyl groups is 1. The topological polar surface area (TPSA) is 75.6 Å². The van der Waals surface area contributed by atoms with Gasteiger partial charge in [-0.05, 0) is 57.6 Å². The van der Waals surface area contributed by atoms with Crippen LogP contribution in [0, 0.1) is 6.92 Å². The number of phenolic OH excluding ortho intramolecular Hbond substituents is 1. The molecule has 0 aromatic heterocycles. The zero-order valence-electron chi connectivity index (χ0n) is 14.3. The van der Waals surface area contributed by atoms with Crippen LogP contribution in [0.4, 0.5) is 0 Å². The molecule has 1 aromatic carbocycles. The molecule has 0 fully saturated rings. The van der Waals surface area contributed by atoms with Gasteiger partial charge in [0.1, 0.15) is 11.3 Å². The van der Waals surface area contributed by atoms with Crippen LogP contribution in [-0.2, 0) is 9.53 Å². The summed E-state index contributed by atoms with van der Waals surface area (Å²) in [5.74, 6) is -1.14. The smallest absolute Gasteiger partial charge is 0.342 e. The van der Waals surface area contributed by atoms with Crippen molar-refractivity contribution in [2.24, 2.45) is 0 Å². The van der Waals surface area contributed by atoms with E-state index in [4.69, 9.17) is 4.74 Å². The van der Waals surface area contributed by atoms with Crippen molar-refractivity contribution in [3.63, 3.8) is 0 Å². The number of aryl methyl sites for hydroxylation is 1. The highest BCUT2D eigenvalue weighted by atomic mass is 16.5. The first-order valence-corrected chi connectivity index (χ1v) is 8.44. The number of phenols is 1. The summed E-state index contributed by atoms with van der Waals surface area (Å²) in [5, 5.41) is 12.7. The predicted octanol–water partition coefficient (Wildman–Crippen LogP) is 3.25. The largest absolute Gasteiger partial charge is 0.507 e. The highest BCUT2D eigenvalue weighted by Gasteiger charge is 2.21. The highest BCUT2D eigenvalue weighted by molar-refractivity contribution is 5.94. The van der Waals surface area contributed by atoms with Crippen LogP contribution in [0.5, 0.6) is 5.75 Å². The minimum atomic E-state index is -0.905. The summed E-state index contributed by atoms with van der Waals surface area (Å²) >= 11 is 0. The third kappa shape index (κ3) is 4.85. The number of hydrogen-bond acceptors (Lipinski definition) is 4. The second-order valence-corrected chi connectivity index (χ2v) is 6.17. The number of amides is 1. The van der Waals surface area contributed by atoms with Gasteiger partial charge in [0.15, 0.2) is 6.10 Å². The zero-order valence-corrected chi connectivity index (χ0v) is 14.3. The Balaban J connectivity index is 1.81. The Labute approximate surface area is 142 Å². The molecule has 0 unspecified atom stereocenters. The summed E-state index contributed by atoms with van der Waals surface area (Å²) in [4.78, 5) is 24.1. The number of para-hydroxylation sites is 1. The van der Waals surface area contributed by atoms with E-state index in [0.717, 1.165) is 19.3 Å². The van der Waals surface area contributed by atoms with E-state index in [0.29, 0.717) is 12.1 Å². The third-order valence-electron chi connectivity index (χ3n) is 4.24. The van der Waals surface area contributed by atoms with Crippen LogP contribution in [-0.4, -0.2) is 29.6 Å². The van der Waals surface area contributed by atoms with Crippen molar-refractivity contribution in [3.8, 4) is 5.75 Å². The molecule has 1 aromatic rings. The van der Waals surface area contributed by atoms with E-state index in [1.54, 1.807) is 19.1 Å². The Morgan fingerprint density at radius 2 is 2.12 bits per heavy atom. The molecule has 0 bridgehead atoms. The normalized spacial score (nSPS) is 15.3. The quantitative estimate of drug-likeness (QED) is 0.620. The first-order valence-electron chi connectivity index (χ1n) is 8.44. The van der Waals surface area contributed by atoms with Crippen LogP contribution in [0.15, 0.2) is 29.8 Å². The number of allylic oxidation sites excluding steroid dienone is 1. The molecule has 24 heavy (non-hydrogen) atoms. The lowest BCUT2D eigenvalue weighted by Crippen LogP contribution is -2.36. The molecule has 130 valence electrons. The molecule has 0 saturated carbocycles. The van der Waals surface area contributed by atoms with Gasteiger partial charge in [0.25, 0.3) is 5.91 Å². The summed E-state index contributed by atoms with van der Waals surface area (Å²) in [6.45, 7) is 3.77. The van der Waals surface area contributed by atoms with E-state index in [1.165, 1.54) is 31.4 Å². The van der Waals surface area contributed by atoms with Gasteiger partial charge < -0.3 is 15.2 Å². The van der Waals surface area contributed by atoms with Crippen molar-refractivity contribution in [3.05, 3.63) is 41.0 Å². The van der Waals surface area contributed by atoms with E-state index in [9.17, 15) is 14.7 Å². The Hall–Kier alpha value is -2.30. The number of nitrogens with one attached hydrogen (secondary N) is 1. The second kappa shape index (κ2) is 8.52. The van der Waals surface area contributed by atoms with Crippen LogP contribution in [0.3, 0.4) is 0 Å². The lowest BCUT2D eigenvalue weighted by Gasteiger charge is -2.16. The number of benzene rings is 1. The Bertz CT molecular complexity index is 636. The standard InChI is InChI=1S/C19H25NO4/c1-13-7-6-10-16(17(13)21)19(23)24-14(2)18(22)20-12-11-15-8-4-3-5-9-15/h6-8,10,14,21H,3-5,9,11-12H2,1-2H3,(H,20,22)/t14-/m0/s1. The van der Waals surface area contributed by atoms with Crippen molar-refractivity contribution in [1.29, 1.82) is 0 Å². The van der Waals surface area contributed by atoms with Gasteiger partial charge in [-0.2, -0.15) is 0 Å². The molecule has 0 aliphatic heterocycles. The van der Waals surface area contributed by atoms with Crippen LogP contribution >= 0.6 is 0 Å². The van der Waals surface area contributed by atoms with Crippen LogP contribution in [0.25, 0.3) is 0 Å². The molecule has 5 nitrogen and oxygen atoms in total. The van der Waals surface area contributed by atoms with E-state index in [-0.39, 0.29) is 17.2 Å². The molecule has 5 heteroatoms. The van der Waals surface area contributed by atoms with Crippen molar-refractivity contribution in [2.75, 3.05) is 6.54 Å². The van der Waals surface area contributed by atoms with E-state index >= 15 is 0 Å². The Morgan fingerprint density at radius 3 is 2.83 bits per heavy atom. The third-order valence-corrected chi connectivity index (χ3v) is 4.24. The molecule has 0 radical (unpaired) electrons. The fourth-order valence-corrected chi connectivity index (χ4v) is 2.72. The first kappa shape index (κ1) is 18.0. The summed E-state index contributed by atoms with van der Waals surface area (Å²) in [7, 11) is 0. The van der Waals surface area contributed by atoms with E-state index in [1.807, 2.05) is 0 Å². The second-order valence-electron chi connectivity index (χ2n) is 6.17. The number of ether oxygens (including phenoxy) is 1. The van der Waals surface area contributed by atoms with Crippen molar-refractivity contribution in [2.45, 2.75) is 52.1 Å². The van der Waals surface area contributed by atoms with Crippen molar-refractivity contribution >= 4 is 11.9 Å². The van der Waals surface area contributed by atoms with Gasteiger partial charge >= 0.3 is 5.97 Å². The lowest BCUT2D eigenvalue weighted by atomic mass is 9.97. The zero-order chi connectivity index (χ0) is 17.5. The van der Waals surface area contributed by atoms with Gasteiger partial charge in [-0.1, -0.05) is 23.8 Å². The molecule has 1 aliphatic carbocycles. The average molecular weight is 331 g/mol. The fraction of sp³-hybridized carbons (Fsp3) is 0.474. The number of carbonyl (C=O) groups is 2. The van der Waals surface area contributed by atoms with Crippen LogP contribution < -0.4 is 5.32 Å². The molecular weight excluding hydrogens is 306 g/mol. The lowest BCUT2D eigenvalue weighted by molar-refractivity contribution is -0.129.